The summed E-state index contributed by atoms with van der Waals surface area (Å²) < 4.78 is 15.8. The van der Waals surface area contributed by atoms with Crippen LogP contribution in [0.3, 0.4) is 0 Å². The maximum absolute atomic E-state index is 7.21. The number of thiocarbonyl (C=S) groups is 2. The van der Waals surface area contributed by atoms with Crippen LogP contribution in [0.4, 0.5) is 5.00 Å². The van der Waals surface area contributed by atoms with Crippen LogP contribution in [-0.2, 0) is 11.2 Å². The topological polar surface area (TPSA) is 43.7 Å². The molecule has 3 aliphatic carbocycles. The highest BCUT2D eigenvalue weighted by atomic mass is 32.1. The Morgan fingerprint density at radius 1 is 0.630 bits per heavy atom. The number of hydrogen-bond acceptors (Lipinski definition) is 10. The van der Waals surface area contributed by atoms with Crippen molar-refractivity contribution >= 4 is 103 Å². The number of nitrogens with zero attached hydrogens (tertiary/aromatic N) is 2. The zero-order chi connectivity index (χ0) is 36.3. The number of thiophene rings is 1. The van der Waals surface area contributed by atoms with Crippen molar-refractivity contribution in [2.45, 2.75) is 75.4 Å². The highest BCUT2D eigenvalue weighted by Gasteiger charge is 2.48. The zero-order valence-corrected chi connectivity index (χ0v) is 34.1. The summed E-state index contributed by atoms with van der Waals surface area (Å²) in [5.74, 6) is 1.63. The fraction of sp³-hybridized carbons (Fsp3) is 0.273. The second-order valence-corrected chi connectivity index (χ2v) is 18.8. The molecule has 0 atom stereocenters. The SMILES string of the molecule is S=C1C(=Cc2nc3c(s2)-c2cc4c(cc2C2(CCCCC2)O3)-c2sc(N=c3c(=S)c5ccccc5c3=S)cc2OC42CCCCC2)C(=S)c2ccccc21. The van der Waals surface area contributed by atoms with Crippen molar-refractivity contribution in [3.8, 4) is 32.5 Å². The Bertz CT molecular complexity index is 2750. The third-order valence-electron chi connectivity index (χ3n) is 12.1. The van der Waals surface area contributed by atoms with Gasteiger partial charge in [0, 0.05) is 55.8 Å². The van der Waals surface area contributed by atoms with E-state index in [0.29, 0.717) is 14.4 Å². The van der Waals surface area contributed by atoms with Gasteiger partial charge in [-0.15, -0.1) is 22.7 Å². The van der Waals surface area contributed by atoms with Crippen LogP contribution in [0.1, 0.15) is 91.5 Å². The first kappa shape index (κ1) is 33.7. The van der Waals surface area contributed by atoms with Crippen LogP contribution in [0.15, 0.2) is 77.3 Å². The van der Waals surface area contributed by atoms with Crippen molar-refractivity contribution in [2.75, 3.05) is 0 Å². The minimum absolute atomic E-state index is 0.406. The molecule has 4 nitrogen and oxygen atoms in total. The van der Waals surface area contributed by atoms with Gasteiger partial charge in [0.2, 0.25) is 5.88 Å². The number of fused-ring (bicyclic) bond motifs is 10. The Balaban J connectivity index is 1.09. The Labute approximate surface area is 342 Å². The first-order valence-corrected chi connectivity index (χ1v) is 22.0. The van der Waals surface area contributed by atoms with Gasteiger partial charge in [-0.25, -0.2) is 9.98 Å². The Hall–Kier alpha value is -3.64. The van der Waals surface area contributed by atoms with E-state index in [1.807, 2.05) is 36.4 Å². The molecule has 0 N–H and O–H groups in total. The summed E-state index contributed by atoms with van der Waals surface area (Å²) in [5.41, 5.74) is 7.12. The smallest absolute Gasteiger partial charge is 0.234 e. The lowest BCUT2D eigenvalue weighted by molar-refractivity contribution is 0.0179. The van der Waals surface area contributed by atoms with E-state index in [0.717, 1.165) is 120 Å². The molecule has 0 radical (unpaired) electrons. The van der Waals surface area contributed by atoms with Crippen molar-refractivity contribution in [2.24, 2.45) is 4.99 Å². The summed E-state index contributed by atoms with van der Waals surface area (Å²) in [6.07, 6.45) is 12.9. The summed E-state index contributed by atoms with van der Waals surface area (Å²) >= 11 is 27.0. The zero-order valence-electron chi connectivity index (χ0n) is 29.2. The molecule has 2 aromatic heterocycles. The highest BCUT2D eigenvalue weighted by molar-refractivity contribution is 7.84. The number of allylic oxidation sites excluding steroid dienone is 1. The van der Waals surface area contributed by atoms with Crippen LogP contribution in [0.25, 0.3) is 37.7 Å². The van der Waals surface area contributed by atoms with E-state index in [1.165, 1.54) is 35.1 Å². The molecule has 4 heterocycles. The maximum atomic E-state index is 7.21. The van der Waals surface area contributed by atoms with Crippen molar-refractivity contribution < 1.29 is 9.47 Å². The quantitative estimate of drug-likeness (QED) is 0.127. The molecule has 2 fully saturated rings. The van der Waals surface area contributed by atoms with Gasteiger partial charge >= 0.3 is 0 Å². The summed E-state index contributed by atoms with van der Waals surface area (Å²) in [6.45, 7) is 0. The number of rotatable bonds is 2. The molecule has 2 spiro atoms. The largest absolute Gasteiger partial charge is 0.481 e. The van der Waals surface area contributed by atoms with Crippen molar-refractivity contribution in [1.82, 2.24) is 4.98 Å². The number of hydrogen-bond donors (Lipinski definition) is 0. The summed E-state index contributed by atoms with van der Waals surface area (Å²) in [7, 11) is 0. The highest BCUT2D eigenvalue weighted by Crippen LogP contribution is 2.60. The lowest BCUT2D eigenvalue weighted by atomic mass is 9.71. The molecule has 0 saturated heterocycles. The average Bonchev–Trinajstić information content (AvgIpc) is 3.92. The van der Waals surface area contributed by atoms with Crippen molar-refractivity contribution in [1.29, 1.82) is 0 Å². The van der Waals surface area contributed by atoms with E-state index in [1.54, 1.807) is 22.7 Å². The second kappa shape index (κ2) is 12.4. The molecule has 2 aliphatic heterocycles. The van der Waals surface area contributed by atoms with Gasteiger partial charge in [0.25, 0.3) is 0 Å². The molecule has 10 heteroatoms. The molecular weight excluding hydrogens is 781 g/mol. The van der Waals surface area contributed by atoms with Gasteiger partial charge in [-0.3, -0.25) is 0 Å². The number of benzene rings is 3. The van der Waals surface area contributed by atoms with Crippen LogP contribution >= 0.6 is 71.5 Å². The van der Waals surface area contributed by atoms with E-state index in [9.17, 15) is 0 Å². The fourth-order valence-corrected chi connectivity index (χ4v) is 12.9. The van der Waals surface area contributed by atoms with Gasteiger partial charge in [-0.2, -0.15) is 0 Å². The van der Waals surface area contributed by atoms with E-state index in [2.05, 4.69) is 36.4 Å². The van der Waals surface area contributed by atoms with E-state index >= 15 is 0 Å². The lowest BCUT2D eigenvalue weighted by Gasteiger charge is -2.45. The molecular formula is C44H32N2O2S6. The monoisotopic (exact) mass is 812 g/mol. The summed E-state index contributed by atoms with van der Waals surface area (Å²) in [5, 5.41) is 4.41. The normalized spacial score (nSPS) is 18.8. The Morgan fingerprint density at radius 3 is 1.80 bits per heavy atom. The summed E-state index contributed by atoms with van der Waals surface area (Å²) in [4.78, 5) is 14.1. The molecule has 0 amide bonds. The Morgan fingerprint density at radius 2 is 1.19 bits per heavy atom. The Kier molecular flexibility index (Phi) is 7.75. The molecule has 266 valence electrons. The fourth-order valence-electron chi connectivity index (χ4n) is 9.50. The number of ether oxygens (including phenoxy) is 2. The maximum Gasteiger partial charge on any atom is 0.234 e. The van der Waals surface area contributed by atoms with Crippen molar-refractivity contribution in [3.05, 3.63) is 114 Å². The molecule has 4 aromatic carbocycles. The van der Waals surface area contributed by atoms with Crippen LogP contribution in [0.5, 0.6) is 11.6 Å². The van der Waals surface area contributed by atoms with Gasteiger partial charge in [-0.1, -0.05) is 110 Å². The van der Waals surface area contributed by atoms with E-state index in [4.69, 9.17) is 68.3 Å². The summed E-state index contributed by atoms with van der Waals surface area (Å²) in [6, 6.07) is 23.3. The van der Waals surface area contributed by atoms with Gasteiger partial charge < -0.3 is 9.47 Å². The molecule has 0 unspecified atom stereocenters. The predicted molar refractivity (Wildman–Crippen MR) is 233 cm³/mol. The molecule has 54 heavy (non-hydrogen) atoms. The van der Waals surface area contributed by atoms with Crippen LogP contribution in [0.2, 0.25) is 0 Å². The van der Waals surface area contributed by atoms with E-state index < -0.39 is 11.2 Å². The van der Waals surface area contributed by atoms with Crippen LogP contribution in [0, 0.1) is 9.02 Å². The number of aromatic nitrogens is 1. The minimum Gasteiger partial charge on any atom is -0.481 e. The van der Waals surface area contributed by atoms with Gasteiger partial charge in [0.15, 0.2) is 0 Å². The minimum atomic E-state index is -0.436. The molecule has 6 aromatic rings. The van der Waals surface area contributed by atoms with Gasteiger partial charge in [0.1, 0.15) is 32.3 Å². The second-order valence-electron chi connectivity index (χ2n) is 15.1. The molecule has 5 aliphatic rings. The molecule has 0 bridgehead atoms. The number of thiazole rings is 1. The van der Waals surface area contributed by atoms with Gasteiger partial charge in [0.05, 0.1) is 28.5 Å². The van der Waals surface area contributed by atoms with Crippen LogP contribution in [-0.4, -0.2) is 14.7 Å². The average molecular weight is 813 g/mol. The third kappa shape index (κ3) is 4.93. The molecule has 11 rings (SSSR count). The lowest BCUT2D eigenvalue weighted by Crippen LogP contribution is -2.40. The predicted octanol–water partition coefficient (Wildman–Crippen LogP) is 12.9. The van der Waals surface area contributed by atoms with Crippen LogP contribution < -0.4 is 14.8 Å². The van der Waals surface area contributed by atoms with E-state index in [-0.39, 0.29) is 0 Å². The molecule has 2 saturated carbocycles. The first-order chi connectivity index (χ1) is 26.3. The first-order valence-electron chi connectivity index (χ1n) is 18.7. The third-order valence-corrected chi connectivity index (χ3v) is 15.9. The van der Waals surface area contributed by atoms with Gasteiger partial charge in [-0.05, 0) is 69.6 Å². The van der Waals surface area contributed by atoms with Crippen molar-refractivity contribution in [3.63, 3.8) is 0 Å². The standard InChI is InChI=1S/C44H32N2O2S6/c49-36-23-11-3-4-12-24(23)37(50)29(36)21-33-46-42-41(54-33)28-20-30-27(19-31(28)44(48-42)17-9-2-10-18-44)40-32(47-43(30)15-7-1-8-16-43)22-34(53-40)45-35-38(51)25-13-5-6-14-26(25)39(35)52/h3-6,11-14,19-22H,1-2,7-10,15-18H2.